The molecular formula is C11H16N2O5. The average molecular weight is 256 g/mol. The molecule has 100 valence electrons. The van der Waals surface area contributed by atoms with Gasteiger partial charge in [0, 0.05) is 19.5 Å². The van der Waals surface area contributed by atoms with Crippen molar-refractivity contribution in [3.63, 3.8) is 0 Å². The fourth-order valence-electron chi connectivity index (χ4n) is 2.43. The Morgan fingerprint density at radius 3 is 2.78 bits per heavy atom. The number of nitrogens with zero attached hydrogens (tertiary/aromatic N) is 2. The smallest absolute Gasteiger partial charge is 0.325 e. The van der Waals surface area contributed by atoms with E-state index >= 15 is 0 Å². The van der Waals surface area contributed by atoms with Crippen molar-refractivity contribution in [1.29, 1.82) is 0 Å². The van der Waals surface area contributed by atoms with Crippen molar-refractivity contribution >= 4 is 17.8 Å². The second kappa shape index (κ2) is 4.24. The van der Waals surface area contributed by atoms with E-state index in [-0.39, 0.29) is 25.4 Å². The lowest BCUT2D eigenvalue weighted by atomic mass is 10.0. The lowest BCUT2D eigenvalue weighted by Gasteiger charge is -2.35. The van der Waals surface area contributed by atoms with Crippen LogP contribution in [-0.4, -0.2) is 71.1 Å². The van der Waals surface area contributed by atoms with E-state index in [4.69, 9.17) is 0 Å². The van der Waals surface area contributed by atoms with E-state index < -0.39 is 23.5 Å². The highest BCUT2D eigenvalue weighted by Gasteiger charge is 2.52. The highest BCUT2D eigenvalue weighted by molar-refractivity contribution is 5.97. The molecule has 2 aliphatic rings. The Morgan fingerprint density at radius 1 is 1.50 bits per heavy atom. The number of piperazine rings is 1. The van der Waals surface area contributed by atoms with Crippen LogP contribution in [0, 0.1) is 0 Å². The van der Waals surface area contributed by atoms with Gasteiger partial charge in [0.2, 0.25) is 5.91 Å². The predicted octanol–water partition coefficient (Wildman–Crippen LogP) is -1.65. The van der Waals surface area contributed by atoms with E-state index in [1.807, 2.05) is 0 Å². The fourth-order valence-corrected chi connectivity index (χ4v) is 2.43. The van der Waals surface area contributed by atoms with Crippen molar-refractivity contribution < 1.29 is 24.2 Å². The van der Waals surface area contributed by atoms with Crippen LogP contribution in [0.2, 0.25) is 0 Å². The number of hydrogen-bond donors (Lipinski definition) is 1. The van der Waals surface area contributed by atoms with E-state index in [0.717, 1.165) is 0 Å². The lowest BCUT2D eigenvalue weighted by molar-refractivity contribution is -0.154. The second-order valence-corrected chi connectivity index (χ2v) is 4.83. The van der Waals surface area contributed by atoms with Crippen LogP contribution in [0.15, 0.2) is 0 Å². The van der Waals surface area contributed by atoms with Gasteiger partial charge in [-0.25, -0.2) is 0 Å². The molecule has 0 radical (unpaired) electrons. The molecule has 2 rings (SSSR count). The maximum atomic E-state index is 12.1. The Morgan fingerprint density at radius 2 is 2.17 bits per heavy atom. The molecule has 0 aromatic carbocycles. The van der Waals surface area contributed by atoms with Crippen LogP contribution in [0.4, 0.5) is 0 Å². The van der Waals surface area contributed by atoms with Gasteiger partial charge in [0.1, 0.15) is 18.2 Å². The molecule has 1 N–H and O–H groups in total. The minimum absolute atomic E-state index is 0.0718. The van der Waals surface area contributed by atoms with Gasteiger partial charge in [-0.1, -0.05) is 0 Å². The molecule has 0 aromatic heterocycles. The van der Waals surface area contributed by atoms with E-state index in [0.29, 0.717) is 6.54 Å². The van der Waals surface area contributed by atoms with Crippen LogP contribution in [0.25, 0.3) is 0 Å². The van der Waals surface area contributed by atoms with Crippen molar-refractivity contribution in [2.24, 2.45) is 0 Å². The quantitative estimate of drug-likeness (QED) is 0.598. The van der Waals surface area contributed by atoms with Crippen molar-refractivity contribution in [3.05, 3.63) is 0 Å². The number of carbonyl (C=O) groups is 3. The summed E-state index contributed by atoms with van der Waals surface area (Å²) in [4.78, 5) is 37.8. The van der Waals surface area contributed by atoms with Gasteiger partial charge in [-0.2, -0.15) is 0 Å². The SMILES string of the molecule is COC(=O)CN1CCN2C(=O)[C@](C)(O)C[C@H]2C1=O. The summed E-state index contributed by atoms with van der Waals surface area (Å²) in [5.74, 6) is -1.22. The highest BCUT2D eigenvalue weighted by atomic mass is 16.5. The number of ether oxygens (including phenoxy) is 1. The highest BCUT2D eigenvalue weighted by Crippen LogP contribution is 2.31. The number of amides is 2. The van der Waals surface area contributed by atoms with E-state index in [1.54, 1.807) is 0 Å². The first-order valence-electron chi connectivity index (χ1n) is 5.76. The van der Waals surface area contributed by atoms with Crippen LogP contribution in [0.5, 0.6) is 0 Å². The molecule has 2 aliphatic heterocycles. The van der Waals surface area contributed by atoms with Gasteiger partial charge in [0.05, 0.1) is 7.11 Å². The first-order valence-corrected chi connectivity index (χ1v) is 5.76. The van der Waals surface area contributed by atoms with Gasteiger partial charge >= 0.3 is 5.97 Å². The molecular weight excluding hydrogens is 240 g/mol. The summed E-state index contributed by atoms with van der Waals surface area (Å²) in [6.07, 6.45) is 0.0718. The zero-order valence-corrected chi connectivity index (χ0v) is 10.4. The number of methoxy groups -OCH3 is 1. The molecule has 2 saturated heterocycles. The normalized spacial score (nSPS) is 31.6. The van der Waals surface area contributed by atoms with Crippen LogP contribution in [-0.2, 0) is 19.1 Å². The topological polar surface area (TPSA) is 87.2 Å². The lowest BCUT2D eigenvalue weighted by Crippen LogP contribution is -2.56. The maximum absolute atomic E-state index is 12.1. The summed E-state index contributed by atoms with van der Waals surface area (Å²) in [5.41, 5.74) is -1.48. The summed E-state index contributed by atoms with van der Waals surface area (Å²) < 4.78 is 4.51. The largest absolute Gasteiger partial charge is 0.468 e. The maximum Gasteiger partial charge on any atom is 0.325 e. The third kappa shape index (κ3) is 1.94. The number of carbonyl (C=O) groups excluding carboxylic acids is 3. The molecule has 2 atom stereocenters. The van der Waals surface area contributed by atoms with Crippen LogP contribution in [0.1, 0.15) is 13.3 Å². The molecule has 2 heterocycles. The van der Waals surface area contributed by atoms with Crippen LogP contribution in [0.3, 0.4) is 0 Å². The minimum Gasteiger partial charge on any atom is -0.468 e. The van der Waals surface area contributed by atoms with Gasteiger partial charge < -0.3 is 19.6 Å². The van der Waals surface area contributed by atoms with Gasteiger partial charge in [0.15, 0.2) is 0 Å². The Labute approximate surface area is 104 Å². The van der Waals surface area contributed by atoms with Crippen molar-refractivity contribution in [1.82, 2.24) is 9.80 Å². The second-order valence-electron chi connectivity index (χ2n) is 4.83. The first kappa shape index (κ1) is 12.8. The Bertz CT molecular complexity index is 406. The molecule has 7 heteroatoms. The summed E-state index contributed by atoms with van der Waals surface area (Å²) in [6, 6.07) is -0.661. The number of rotatable bonds is 2. The van der Waals surface area contributed by atoms with E-state index in [1.165, 1.54) is 23.8 Å². The summed E-state index contributed by atoms with van der Waals surface area (Å²) in [6.45, 7) is 1.91. The third-order valence-corrected chi connectivity index (χ3v) is 3.44. The molecule has 18 heavy (non-hydrogen) atoms. The molecule has 0 bridgehead atoms. The van der Waals surface area contributed by atoms with Gasteiger partial charge in [-0.05, 0) is 6.92 Å². The fraction of sp³-hybridized carbons (Fsp3) is 0.727. The summed E-state index contributed by atoms with van der Waals surface area (Å²) in [5, 5.41) is 9.87. The van der Waals surface area contributed by atoms with Gasteiger partial charge in [-0.15, -0.1) is 0 Å². The zero-order valence-electron chi connectivity index (χ0n) is 10.4. The van der Waals surface area contributed by atoms with Crippen LogP contribution < -0.4 is 0 Å². The summed E-state index contributed by atoms with van der Waals surface area (Å²) >= 11 is 0. The Hall–Kier alpha value is -1.63. The molecule has 7 nitrogen and oxygen atoms in total. The predicted molar refractivity (Wildman–Crippen MR) is 59.3 cm³/mol. The molecule has 0 unspecified atom stereocenters. The van der Waals surface area contributed by atoms with Crippen molar-refractivity contribution in [2.45, 2.75) is 25.0 Å². The van der Waals surface area contributed by atoms with E-state index in [9.17, 15) is 19.5 Å². The monoisotopic (exact) mass is 256 g/mol. The van der Waals surface area contributed by atoms with Gasteiger partial charge in [0.25, 0.3) is 5.91 Å². The molecule has 0 spiro atoms. The molecule has 0 aromatic rings. The zero-order chi connectivity index (χ0) is 13.5. The van der Waals surface area contributed by atoms with Crippen molar-refractivity contribution in [3.8, 4) is 0 Å². The molecule has 2 amide bonds. The standard InChI is InChI=1S/C11H16N2O5/c1-11(17)5-7-9(15)12(6-8(14)18-2)3-4-13(7)10(11)16/h7,17H,3-6H2,1-2H3/t7-,11+/m0/s1. The number of aliphatic hydroxyl groups is 1. The Balaban J connectivity index is 2.11. The minimum atomic E-state index is -1.48. The molecule has 0 aliphatic carbocycles. The van der Waals surface area contributed by atoms with Gasteiger partial charge in [-0.3, -0.25) is 14.4 Å². The van der Waals surface area contributed by atoms with Crippen LogP contribution >= 0.6 is 0 Å². The molecule has 0 saturated carbocycles. The first-order chi connectivity index (χ1) is 8.36. The van der Waals surface area contributed by atoms with Crippen molar-refractivity contribution in [2.75, 3.05) is 26.7 Å². The number of esters is 1. The van der Waals surface area contributed by atoms with E-state index in [2.05, 4.69) is 4.74 Å². The molecule has 2 fully saturated rings. The summed E-state index contributed by atoms with van der Waals surface area (Å²) in [7, 11) is 1.26. The number of hydrogen-bond acceptors (Lipinski definition) is 5. The third-order valence-electron chi connectivity index (χ3n) is 3.44. The Kier molecular flexibility index (Phi) is 3.02. The average Bonchev–Trinajstić information content (AvgIpc) is 2.55. The number of fused-ring (bicyclic) bond motifs is 1.